The van der Waals surface area contributed by atoms with Gasteiger partial charge in [-0.05, 0) is 43.2 Å². The minimum atomic E-state index is -0.102. The van der Waals surface area contributed by atoms with E-state index in [-0.39, 0.29) is 18.7 Å². The Kier molecular flexibility index (Phi) is 4.51. The van der Waals surface area contributed by atoms with Crippen LogP contribution < -0.4 is 19.7 Å². The summed E-state index contributed by atoms with van der Waals surface area (Å²) in [7, 11) is 0. The molecular formula is C21H21N5O3. The molecule has 0 spiro atoms. The van der Waals surface area contributed by atoms with Crippen LogP contribution in [-0.2, 0) is 0 Å². The maximum absolute atomic E-state index is 12.7. The number of fused-ring (bicyclic) bond motifs is 1. The summed E-state index contributed by atoms with van der Waals surface area (Å²) in [6.07, 6.45) is 5.45. The van der Waals surface area contributed by atoms with Crippen LogP contribution in [-0.4, -0.2) is 47.0 Å². The predicted octanol–water partition coefficient (Wildman–Crippen LogP) is 2.60. The van der Waals surface area contributed by atoms with Crippen molar-refractivity contribution in [2.24, 2.45) is 0 Å². The highest BCUT2D eigenvalue weighted by Gasteiger charge is 2.24. The van der Waals surface area contributed by atoms with Crippen molar-refractivity contribution in [3.8, 4) is 22.8 Å². The molecule has 1 saturated heterocycles. The van der Waals surface area contributed by atoms with Crippen LogP contribution in [0.4, 0.5) is 5.82 Å². The van der Waals surface area contributed by atoms with Crippen LogP contribution in [0.5, 0.6) is 11.5 Å². The quantitative estimate of drug-likeness (QED) is 0.710. The smallest absolute Gasteiger partial charge is 0.251 e. The molecule has 0 bridgehead atoms. The van der Waals surface area contributed by atoms with Gasteiger partial charge >= 0.3 is 0 Å². The van der Waals surface area contributed by atoms with Gasteiger partial charge in [0, 0.05) is 48.7 Å². The Balaban J connectivity index is 1.25. The van der Waals surface area contributed by atoms with Crippen LogP contribution in [0.15, 0.2) is 48.8 Å². The summed E-state index contributed by atoms with van der Waals surface area (Å²) in [5, 5.41) is 10.7. The lowest BCUT2D eigenvalue weighted by molar-refractivity contribution is 0.0932. The molecule has 8 nitrogen and oxygen atoms in total. The maximum Gasteiger partial charge on any atom is 0.251 e. The molecule has 2 aliphatic rings. The zero-order valence-electron chi connectivity index (χ0n) is 15.8. The summed E-state index contributed by atoms with van der Waals surface area (Å²) in [4.78, 5) is 18.9. The first-order valence-electron chi connectivity index (χ1n) is 9.67. The number of anilines is 1. The minimum Gasteiger partial charge on any atom is -0.454 e. The molecule has 2 N–H and O–H groups in total. The third kappa shape index (κ3) is 3.61. The Labute approximate surface area is 167 Å². The Morgan fingerprint density at radius 1 is 1.14 bits per heavy atom. The Hall–Kier alpha value is -3.55. The van der Waals surface area contributed by atoms with E-state index in [2.05, 4.69) is 25.4 Å². The van der Waals surface area contributed by atoms with Gasteiger partial charge in [-0.3, -0.25) is 14.9 Å². The van der Waals surface area contributed by atoms with Crippen molar-refractivity contribution in [3.05, 3.63) is 54.4 Å². The molecule has 1 fully saturated rings. The summed E-state index contributed by atoms with van der Waals surface area (Å²) < 4.78 is 10.7. The number of benzene rings is 1. The summed E-state index contributed by atoms with van der Waals surface area (Å²) >= 11 is 0. The number of carbonyl (C=O) groups excluding carboxylic acids is 1. The number of piperidine rings is 1. The minimum absolute atomic E-state index is 0.0581. The summed E-state index contributed by atoms with van der Waals surface area (Å²) in [5.41, 5.74) is 2.57. The third-order valence-corrected chi connectivity index (χ3v) is 5.27. The molecule has 1 amide bonds. The van der Waals surface area contributed by atoms with Crippen molar-refractivity contribution in [3.63, 3.8) is 0 Å². The van der Waals surface area contributed by atoms with Crippen molar-refractivity contribution >= 4 is 11.7 Å². The summed E-state index contributed by atoms with van der Waals surface area (Å²) in [6, 6.07) is 11.3. The molecule has 3 aromatic rings. The molecule has 0 saturated carbocycles. The van der Waals surface area contributed by atoms with Crippen LogP contribution in [0.25, 0.3) is 11.3 Å². The van der Waals surface area contributed by atoms with Gasteiger partial charge in [0.2, 0.25) is 6.79 Å². The van der Waals surface area contributed by atoms with Crippen LogP contribution in [0.2, 0.25) is 0 Å². The van der Waals surface area contributed by atoms with E-state index in [1.54, 1.807) is 30.6 Å². The number of pyridine rings is 1. The monoisotopic (exact) mass is 391 g/mol. The van der Waals surface area contributed by atoms with Gasteiger partial charge in [-0.15, -0.1) is 0 Å². The standard InChI is InChI=1S/C21H21N5O3/c27-21(15-3-4-18-19(10-15)29-13-28-18)23-16-2-1-9-26(12-16)20-11-17(24-25-20)14-5-7-22-8-6-14/h3-8,10-11,16H,1-2,9,12-13H2,(H,23,27)(H,24,25)/t16-/m1/s1. The highest BCUT2D eigenvalue weighted by Crippen LogP contribution is 2.32. The lowest BCUT2D eigenvalue weighted by Gasteiger charge is -2.33. The average molecular weight is 391 g/mol. The highest BCUT2D eigenvalue weighted by atomic mass is 16.7. The zero-order chi connectivity index (χ0) is 19.6. The second-order valence-electron chi connectivity index (χ2n) is 7.20. The molecule has 4 heterocycles. The van der Waals surface area contributed by atoms with E-state index in [9.17, 15) is 4.79 Å². The first-order valence-corrected chi connectivity index (χ1v) is 9.67. The summed E-state index contributed by atoms with van der Waals surface area (Å²) in [5.74, 6) is 2.07. The number of nitrogens with one attached hydrogen (secondary N) is 2. The molecule has 2 aliphatic heterocycles. The van der Waals surface area contributed by atoms with Crippen molar-refractivity contribution in [1.82, 2.24) is 20.5 Å². The van der Waals surface area contributed by atoms with Gasteiger partial charge in [-0.2, -0.15) is 5.10 Å². The number of aromatic amines is 1. The number of hydrogen-bond donors (Lipinski definition) is 2. The van der Waals surface area contributed by atoms with E-state index in [1.807, 2.05) is 18.2 Å². The van der Waals surface area contributed by atoms with Gasteiger partial charge in [0.15, 0.2) is 17.3 Å². The largest absolute Gasteiger partial charge is 0.454 e. The van der Waals surface area contributed by atoms with Crippen LogP contribution >= 0.6 is 0 Å². The van der Waals surface area contributed by atoms with E-state index >= 15 is 0 Å². The van der Waals surface area contributed by atoms with Gasteiger partial charge < -0.3 is 19.7 Å². The fourth-order valence-electron chi connectivity index (χ4n) is 3.76. The lowest BCUT2D eigenvalue weighted by atomic mass is 10.0. The molecule has 0 unspecified atom stereocenters. The van der Waals surface area contributed by atoms with Gasteiger partial charge in [0.25, 0.3) is 5.91 Å². The molecule has 2 aromatic heterocycles. The number of hydrogen-bond acceptors (Lipinski definition) is 6. The Morgan fingerprint density at radius 2 is 2.00 bits per heavy atom. The molecule has 5 rings (SSSR count). The van der Waals surface area contributed by atoms with E-state index in [0.717, 1.165) is 43.0 Å². The molecule has 148 valence electrons. The van der Waals surface area contributed by atoms with E-state index in [4.69, 9.17) is 9.47 Å². The highest BCUT2D eigenvalue weighted by molar-refractivity contribution is 5.95. The number of carbonyl (C=O) groups is 1. The zero-order valence-corrected chi connectivity index (χ0v) is 15.8. The third-order valence-electron chi connectivity index (χ3n) is 5.27. The number of amides is 1. The molecule has 29 heavy (non-hydrogen) atoms. The Bertz CT molecular complexity index is 1020. The molecule has 1 atom stereocenters. The van der Waals surface area contributed by atoms with Crippen molar-refractivity contribution < 1.29 is 14.3 Å². The van der Waals surface area contributed by atoms with Crippen molar-refractivity contribution in [1.29, 1.82) is 0 Å². The first kappa shape index (κ1) is 17.5. The molecule has 8 heteroatoms. The molecule has 0 radical (unpaired) electrons. The predicted molar refractivity (Wildman–Crippen MR) is 107 cm³/mol. The van der Waals surface area contributed by atoms with E-state index in [0.29, 0.717) is 17.1 Å². The second kappa shape index (κ2) is 7.46. The van der Waals surface area contributed by atoms with Crippen molar-refractivity contribution in [2.45, 2.75) is 18.9 Å². The number of nitrogens with zero attached hydrogens (tertiary/aromatic N) is 3. The number of ether oxygens (including phenoxy) is 2. The van der Waals surface area contributed by atoms with Crippen LogP contribution in [0.3, 0.4) is 0 Å². The fraction of sp³-hybridized carbons (Fsp3) is 0.286. The number of aromatic nitrogens is 3. The maximum atomic E-state index is 12.7. The number of H-pyrrole nitrogens is 1. The lowest BCUT2D eigenvalue weighted by Crippen LogP contribution is -2.48. The number of rotatable bonds is 4. The van der Waals surface area contributed by atoms with Gasteiger partial charge in [0.1, 0.15) is 0 Å². The molecule has 0 aliphatic carbocycles. The average Bonchev–Trinajstić information content (AvgIpc) is 3.44. The second-order valence-corrected chi connectivity index (χ2v) is 7.20. The van der Waals surface area contributed by atoms with Crippen molar-refractivity contribution in [2.75, 3.05) is 24.8 Å². The topological polar surface area (TPSA) is 92.4 Å². The van der Waals surface area contributed by atoms with Gasteiger partial charge in [-0.25, -0.2) is 0 Å². The van der Waals surface area contributed by atoms with Gasteiger partial charge in [0.05, 0.1) is 5.69 Å². The summed E-state index contributed by atoms with van der Waals surface area (Å²) in [6.45, 7) is 1.83. The van der Waals surface area contributed by atoms with Crippen LogP contribution in [0.1, 0.15) is 23.2 Å². The molecule has 1 aromatic carbocycles. The van der Waals surface area contributed by atoms with E-state index in [1.165, 1.54) is 0 Å². The Morgan fingerprint density at radius 3 is 2.90 bits per heavy atom. The SMILES string of the molecule is O=C(N[C@@H]1CCCN(c2cc(-c3ccncc3)[nH]n2)C1)c1ccc2c(c1)OCO2. The molecular weight excluding hydrogens is 370 g/mol. The van der Waals surface area contributed by atoms with Gasteiger partial charge in [-0.1, -0.05) is 0 Å². The van der Waals surface area contributed by atoms with Crippen LogP contribution in [0, 0.1) is 0 Å². The fourth-order valence-corrected chi connectivity index (χ4v) is 3.76. The normalized spacial score (nSPS) is 17.9. The van der Waals surface area contributed by atoms with E-state index < -0.39 is 0 Å². The first-order chi connectivity index (χ1) is 14.3.